The Kier molecular flexibility index (Phi) is 7.82. The van der Waals surface area contributed by atoms with Crippen molar-refractivity contribution in [3.8, 4) is 5.88 Å². The van der Waals surface area contributed by atoms with Crippen LogP contribution in [0.4, 0.5) is 8.78 Å². The Balaban J connectivity index is 2.08. The SMILES string of the molecule is C[Si](C)(C)CCOCn1ccc2cc(Br)c(OC(F)(F)CCOS(C)(=O)=O)nc21. The number of rotatable bonds is 11. The fourth-order valence-electron chi connectivity index (χ4n) is 2.29. The zero-order valence-electron chi connectivity index (χ0n) is 16.7. The van der Waals surface area contributed by atoms with Crippen LogP contribution in [0, 0.1) is 0 Å². The van der Waals surface area contributed by atoms with Gasteiger partial charge in [-0.1, -0.05) is 19.6 Å². The van der Waals surface area contributed by atoms with Crippen molar-refractivity contribution in [2.75, 3.05) is 19.5 Å². The Morgan fingerprint density at radius 1 is 1.28 bits per heavy atom. The van der Waals surface area contributed by atoms with Crippen LogP contribution in [-0.2, 0) is 25.8 Å². The number of hydrogen-bond donors (Lipinski definition) is 0. The molecule has 7 nitrogen and oxygen atoms in total. The molecule has 2 rings (SSSR count). The molecule has 0 saturated carbocycles. The van der Waals surface area contributed by atoms with Crippen molar-refractivity contribution in [1.82, 2.24) is 9.55 Å². The van der Waals surface area contributed by atoms with Crippen LogP contribution in [0.3, 0.4) is 0 Å². The van der Waals surface area contributed by atoms with E-state index in [1.807, 2.05) is 0 Å². The number of pyridine rings is 1. The van der Waals surface area contributed by atoms with Crippen molar-refractivity contribution in [3.05, 3.63) is 22.8 Å². The van der Waals surface area contributed by atoms with E-state index in [2.05, 4.69) is 44.7 Å². The second-order valence-electron chi connectivity index (χ2n) is 7.84. The predicted octanol–water partition coefficient (Wildman–Crippen LogP) is 4.45. The zero-order chi connectivity index (χ0) is 21.9. The van der Waals surface area contributed by atoms with E-state index in [4.69, 9.17) is 9.47 Å². The number of hydrogen-bond acceptors (Lipinski definition) is 6. The Bertz CT molecular complexity index is 947. The Morgan fingerprint density at radius 2 is 1.97 bits per heavy atom. The van der Waals surface area contributed by atoms with Crippen LogP contribution in [0.2, 0.25) is 25.7 Å². The summed E-state index contributed by atoms with van der Waals surface area (Å²) in [7, 11) is -5.01. The lowest BCUT2D eigenvalue weighted by atomic mass is 10.3. The van der Waals surface area contributed by atoms with Crippen LogP contribution in [0.25, 0.3) is 11.0 Å². The molecule has 2 heterocycles. The third kappa shape index (κ3) is 8.28. The van der Waals surface area contributed by atoms with E-state index in [0.717, 1.165) is 17.7 Å². The molecule has 164 valence electrons. The molecule has 0 spiro atoms. The van der Waals surface area contributed by atoms with Gasteiger partial charge in [0, 0.05) is 26.3 Å². The second kappa shape index (κ2) is 9.37. The van der Waals surface area contributed by atoms with Crippen molar-refractivity contribution in [2.45, 2.75) is 44.9 Å². The molecule has 2 aromatic rings. The summed E-state index contributed by atoms with van der Waals surface area (Å²) in [6.45, 7) is 6.93. The van der Waals surface area contributed by atoms with E-state index in [-0.39, 0.29) is 17.1 Å². The van der Waals surface area contributed by atoms with Crippen molar-refractivity contribution in [3.63, 3.8) is 0 Å². The van der Waals surface area contributed by atoms with Gasteiger partial charge in [0.1, 0.15) is 12.4 Å². The largest absolute Gasteiger partial charge is 0.413 e. The van der Waals surface area contributed by atoms with Crippen LogP contribution < -0.4 is 4.74 Å². The number of aromatic nitrogens is 2. The van der Waals surface area contributed by atoms with Crippen LogP contribution in [-0.4, -0.2) is 51.6 Å². The van der Waals surface area contributed by atoms with E-state index in [9.17, 15) is 17.2 Å². The van der Waals surface area contributed by atoms with Gasteiger partial charge in [-0.05, 0) is 34.1 Å². The minimum absolute atomic E-state index is 0.251. The van der Waals surface area contributed by atoms with Crippen molar-refractivity contribution >= 4 is 45.2 Å². The third-order valence-corrected chi connectivity index (χ3v) is 6.69. The average Bonchev–Trinajstić information content (AvgIpc) is 2.91. The Morgan fingerprint density at radius 3 is 2.59 bits per heavy atom. The standard InChI is InChI=1S/C17H25BrF2N2O5SSi/c1-28(23,24)26-8-6-17(19,20)27-16-14(18)11-13-5-7-22(15(13)21-16)12-25-9-10-29(2,3)4/h5,7,11H,6,8-10,12H2,1-4H3. The molecular weight excluding hydrogens is 490 g/mol. The number of halogens is 3. The van der Waals surface area contributed by atoms with Gasteiger partial charge in [0.2, 0.25) is 5.88 Å². The molecule has 0 bridgehead atoms. The molecule has 29 heavy (non-hydrogen) atoms. The highest BCUT2D eigenvalue weighted by Gasteiger charge is 2.33. The first-order chi connectivity index (χ1) is 13.3. The first kappa shape index (κ1) is 24.2. The highest BCUT2D eigenvalue weighted by Crippen LogP contribution is 2.32. The summed E-state index contributed by atoms with van der Waals surface area (Å²) in [5, 5.41) is 0.738. The summed E-state index contributed by atoms with van der Waals surface area (Å²) in [5.74, 6) is -0.302. The molecule has 0 aromatic carbocycles. The van der Waals surface area contributed by atoms with Gasteiger partial charge < -0.3 is 14.0 Å². The van der Waals surface area contributed by atoms with Gasteiger partial charge in [-0.3, -0.25) is 4.18 Å². The summed E-state index contributed by atoms with van der Waals surface area (Å²) in [4.78, 5) is 4.19. The third-order valence-electron chi connectivity index (χ3n) is 3.82. The highest BCUT2D eigenvalue weighted by atomic mass is 79.9. The lowest BCUT2D eigenvalue weighted by Crippen LogP contribution is -2.27. The molecule has 0 atom stereocenters. The molecule has 0 aliphatic carbocycles. The molecule has 0 fully saturated rings. The molecule has 0 unspecified atom stereocenters. The number of alkyl halides is 2. The minimum atomic E-state index is -3.80. The van der Waals surface area contributed by atoms with E-state index >= 15 is 0 Å². The monoisotopic (exact) mass is 514 g/mol. The fraction of sp³-hybridized carbons (Fsp3) is 0.588. The van der Waals surface area contributed by atoms with E-state index in [0.29, 0.717) is 12.3 Å². The number of fused-ring (bicyclic) bond motifs is 1. The zero-order valence-corrected chi connectivity index (χ0v) is 20.1. The predicted molar refractivity (Wildman–Crippen MR) is 113 cm³/mol. The summed E-state index contributed by atoms with van der Waals surface area (Å²) in [5.41, 5.74) is 0.444. The quantitative estimate of drug-likeness (QED) is 0.250. The molecule has 2 aromatic heterocycles. The summed E-state index contributed by atoms with van der Waals surface area (Å²) in [6, 6.07) is 4.44. The van der Waals surface area contributed by atoms with Gasteiger partial charge in [-0.15, -0.1) is 0 Å². The van der Waals surface area contributed by atoms with Gasteiger partial charge in [0.05, 0.1) is 23.8 Å². The Hall–Kier alpha value is -1.08. The first-order valence-electron chi connectivity index (χ1n) is 8.90. The van der Waals surface area contributed by atoms with Crippen LogP contribution >= 0.6 is 15.9 Å². The van der Waals surface area contributed by atoms with Crippen molar-refractivity contribution < 1.29 is 30.9 Å². The summed E-state index contributed by atoms with van der Waals surface area (Å²) >= 11 is 3.18. The summed E-state index contributed by atoms with van der Waals surface area (Å²) in [6.07, 6.45) is -2.04. The topological polar surface area (TPSA) is 79.7 Å². The number of ether oxygens (including phenoxy) is 2. The van der Waals surface area contributed by atoms with Gasteiger partial charge in [0.25, 0.3) is 10.1 Å². The minimum Gasteiger partial charge on any atom is -0.413 e. The Labute approximate surface area is 178 Å². The molecule has 0 amide bonds. The normalized spacial score (nSPS) is 13.2. The van der Waals surface area contributed by atoms with Crippen LogP contribution in [0.15, 0.2) is 22.8 Å². The van der Waals surface area contributed by atoms with E-state index in [1.54, 1.807) is 22.9 Å². The van der Waals surface area contributed by atoms with Crippen molar-refractivity contribution in [2.24, 2.45) is 0 Å². The first-order valence-corrected chi connectivity index (χ1v) is 15.2. The second-order valence-corrected chi connectivity index (χ2v) is 16.0. The molecule has 0 aliphatic rings. The molecular formula is C17H25BrF2N2O5SSi. The van der Waals surface area contributed by atoms with Crippen LogP contribution in [0.1, 0.15) is 6.42 Å². The van der Waals surface area contributed by atoms with Crippen LogP contribution in [0.5, 0.6) is 5.88 Å². The molecule has 0 aliphatic heterocycles. The number of nitrogens with zero attached hydrogens (tertiary/aromatic N) is 2. The van der Waals surface area contributed by atoms with Gasteiger partial charge >= 0.3 is 6.11 Å². The lowest BCUT2D eigenvalue weighted by molar-refractivity contribution is -0.186. The van der Waals surface area contributed by atoms with E-state index < -0.39 is 37.3 Å². The fourth-order valence-corrected chi connectivity index (χ4v) is 3.85. The molecule has 0 N–H and O–H groups in total. The highest BCUT2D eigenvalue weighted by molar-refractivity contribution is 9.10. The smallest absolute Gasteiger partial charge is 0.401 e. The van der Waals surface area contributed by atoms with Gasteiger partial charge in [-0.25, -0.2) is 0 Å². The molecule has 0 saturated heterocycles. The van der Waals surface area contributed by atoms with Crippen molar-refractivity contribution in [1.29, 1.82) is 0 Å². The summed E-state index contributed by atoms with van der Waals surface area (Å²) < 4.78 is 66.7. The van der Waals surface area contributed by atoms with E-state index in [1.165, 1.54) is 0 Å². The van der Waals surface area contributed by atoms with Gasteiger partial charge in [0.15, 0.2) is 0 Å². The van der Waals surface area contributed by atoms with Gasteiger partial charge in [-0.2, -0.15) is 22.2 Å². The molecule has 0 radical (unpaired) electrons. The lowest BCUT2D eigenvalue weighted by Gasteiger charge is -2.18. The maximum absolute atomic E-state index is 14.1. The average molecular weight is 515 g/mol. The molecule has 12 heteroatoms. The maximum Gasteiger partial charge on any atom is 0.401 e. The maximum atomic E-state index is 14.1.